The number of benzene rings is 1. The molecule has 3 nitrogen and oxygen atoms in total. The lowest BCUT2D eigenvalue weighted by atomic mass is 9.92. The van der Waals surface area contributed by atoms with E-state index >= 15 is 0 Å². The largest absolute Gasteiger partial charge is 0.466 e. The molecule has 0 spiro atoms. The maximum Gasteiger partial charge on any atom is 0.313 e. The van der Waals surface area contributed by atoms with Crippen molar-refractivity contribution < 1.29 is 9.53 Å². The number of aryl methyl sites for hydroxylation is 1. The lowest BCUT2D eigenvalue weighted by molar-refractivity contribution is -0.145. The van der Waals surface area contributed by atoms with Gasteiger partial charge in [-0.05, 0) is 43.0 Å². The molecule has 1 aromatic carbocycles. The molecule has 0 fully saturated rings. The van der Waals surface area contributed by atoms with Gasteiger partial charge in [0, 0.05) is 12.4 Å². The molecule has 2 rings (SSSR count). The zero-order valence-corrected chi connectivity index (χ0v) is 11.7. The van der Waals surface area contributed by atoms with Crippen molar-refractivity contribution in [3.05, 3.63) is 66.0 Å². The summed E-state index contributed by atoms with van der Waals surface area (Å²) in [5, 5.41) is 0. The maximum atomic E-state index is 12.1. The number of carbonyl (C=O) groups excluding carboxylic acids is 1. The van der Waals surface area contributed by atoms with Crippen LogP contribution in [0.3, 0.4) is 0 Å². The summed E-state index contributed by atoms with van der Waals surface area (Å²) in [6.45, 7) is 2.25. The third kappa shape index (κ3) is 3.92. The monoisotopic (exact) mass is 269 g/mol. The summed E-state index contributed by atoms with van der Waals surface area (Å²) in [4.78, 5) is 16.1. The lowest BCUT2D eigenvalue weighted by Crippen LogP contribution is -2.16. The van der Waals surface area contributed by atoms with Gasteiger partial charge in [0.25, 0.3) is 0 Å². The van der Waals surface area contributed by atoms with E-state index in [1.165, 1.54) is 5.56 Å². The fourth-order valence-electron chi connectivity index (χ4n) is 2.21. The van der Waals surface area contributed by atoms with E-state index in [0.29, 0.717) is 6.61 Å². The molecular weight excluding hydrogens is 250 g/mol. The number of carbonyl (C=O) groups is 1. The molecule has 20 heavy (non-hydrogen) atoms. The molecule has 1 atom stereocenters. The van der Waals surface area contributed by atoms with Crippen molar-refractivity contribution in [3.8, 4) is 0 Å². The van der Waals surface area contributed by atoms with E-state index in [2.05, 4.69) is 4.98 Å². The Morgan fingerprint density at radius 1 is 1.15 bits per heavy atom. The molecule has 3 heteroatoms. The van der Waals surface area contributed by atoms with E-state index in [0.717, 1.165) is 18.4 Å². The smallest absolute Gasteiger partial charge is 0.313 e. The molecule has 2 aromatic rings. The SMILES string of the molecule is CCOC(=O)[C@@H](CCc1ccncc1)c1ccccc1. The van der Waals surface area contributed by atoms with Gasteiger partial charge in [0.05, 0.1) is 12.5 Å². The minimum absolute atomic E-state index is 0.146. The van der Waals surface area contributed by atoms with Crippen LogP contribution < -0.4 is 0 Å². The number of nitrogens with zero attached hydrogens (tertiary/aromatic N) is 1. The van der Waals surface area contributed by atoms with Crippen LogP contribution in [-0.2, 0) is 16.0 Å². The van der Waals surface area contributed by atoms with Crippen LogP contribution in [0.25, 0.3) is 0 Å². The first kappa shape index (κ1) is 14.3. The van der Waals surface area contributed by atoms with E-state index in [-0.39, 0.29) is 11.9 Å². The van der Waals surface area contributed by atoms with Crippen LogP contribution in [0.4, 0.5) is 0 Å². The van der Waals surface area contributed by atoms with E-state index < -0.39 is 0 Å². The van der Waals surface area contributed by atoms with Crippen molar-refractivity contribution in [2.45, 2.75) is 25.7 Å². The molecule has 0 saturated carbocycles. The summed E-state index contributed by atoms with van der Waals surface area (Å²) in [6, 6.07) is 13.8. The van der Waals surface area contributed by atoms with Gasteiger partial charge in [-0.2, -0.15) is 0 Å². The summed E-state index contributed by atoms with van der Waals surface area (Å²) >= 11 is 0. The highest BCUT2D eigenvalue weighted by molar-refractivity contribution is 5.78. The number of rotatable bonds is 6. The fraction of sp³-hybridized carbons (Fsp3) is 0.294. The second kappa shape index (κ2) is 7.43. The standard InChI is InChI=1S/C17H19NO2/c1-2-20-17(19)16(15-6-4-3-5-7-15)9-8-14-10-12-18-13-11-14/h3-7,10-13,16H,2,8-9H2,1H3/t16-/m0/s1. The highest BCUT2D eigenvalue weighted by atomic mass is 16.5. The molecule has 0 amide bonds. The number of ether oxygens (including phenoxy) is 1. The molecule has 1 aromatic heterocycles. The summed E-state index contributed by atoms with van der Waals surface area (Å²) in [5.74, 6) is -0.350. The molecule has 0 aliphatic heterocycles. The summed E-state index contributed by atoms with van der Waals surface area (Å²) in [7, 11) is 0. The Bertz CT molecular complexity index is 525. The molecule has 0 bridgehead atoms. The van der Waals surface area contributed by atoms with Gasteiger partial charge in [0.1, 0.15) is 0 Å². The third-order valence-electron chi connectivity index (χ3n) is 3.24. The lowest BCUT2D eigenvalue weighted by Gasteiger charge is -2.16. The molecule has 0 radical (unpaired) electrons. The van der Waals surface area contributed by atoms with Crippen molar-refractivity contribution in [1.82, 2.24) is 4.98 Å². The van der Waals surface area contributed by atoms with Crippen LogP contribution in [0.2, 0.25) is 0 Å². The minimum atomic E-state index is -0.204. The van der Waals surface area contributed by atoms with Crippen LogP contribution in [0.1, 0.15) is 30.4 Å². The number of esters is 1. The molecule has 0 unspecified atom stereocenters. The second-order valence-corrected chi connectivity index (χ2v) is 4.61. The van der Waals surface area contributed by atoms with Crippen LogP contribution in [0, 0.1) is 0 Å². The Morgan fingerprint density at radius 3 is 2.50 bits per heavy atom. The van der Waals surface area contributed by atoms with Gasteiger partial charge < -0.3 is 4.74 Å². The first-order chi connectivity index (χ1) is 9.81. The Labute approximate surface area is 119 Å². The maximum absolute atomic E-state index is 12.1. The van der Waals surface area contributed by atoms with Crippen molar-refractivity contribution in [2.24, 2.45) is 0 Å². The van der Waals surface area contributed by atoms with Gasteiger partial charge in [-0.1, -0.05) is 30.3 Å². The molecule has 1 heterocycles. The first-order valence-electron chi connectivity index (χ1n) is 6.91. The number of hydrogen-bond acceptors (Lipinski definition) is 3. The van der Waals surface area contributed by atoms with Gasteiger partial charge in [-0.3, -0.25) is 9.78 Å². The van der Waals surface area contributed by atoms with E-state index in [4.69, 9.17) is 4.74 Å². The summed E-state index contributed by atoms with van der Waals surface area (Å²) in [5.41, 5.74) is 2.20. The van der Waals surface area contributed by atoms with E-state index in [9.17, 15) is 4.79 Å². The molecule has 0 saturated heterocycles. The Balaban J connectivity index is 2.09. The van der Waals surface area contributed by atoms with Gasteiger partial charge >= 0.3 is 5.97 Å². The quantitative estimate of drug-likeness (QED) is 0.755. The predicted molar refractivity (Wildman–Crippen MR) is 78.4 cm³/mol. The minimum Gasteiger partial charge on any atom is -0.466 e. The Kier molecular flexibility index (Phi) is 5.30. The van der Waals surface area contributed by atoms with Crippen LogP contribution >= 0.6 is 0 Å². The highest BCUT2D eigenvalue weighted by Crippen LogP contribution is 2.23. The van der Waals surface area contributed by atoms with Gasteiger partial charge in [0.15, 0.2) is 0 Å². The van der Waals surface area contributed by atoms with E-state index in [1.807, 2.05) is 49.4 Å². The number of aromatic nitrogens is 1. The summed E-state index contributed by atoms with van der Waals surface area (Å²) < 4.78 is 5.20. The molecule has 104 valence electrons. The fourth-order valence-corrected chi connectivity index (χ4v) is 2.21. The first-order valence-corrected chi connectivity index (χ1v) is 6.91. The van der Waals surface area contributed by atoms with Gasteiger partial charge in [-0.15, -0.1) is 0 Å². The molecule has 0 aliphatic rings. The third-order valence-corrected chi connectivity index (χ3v) is 3.24. The topological polar surface area (TPSA) is 39.2 Å². The van der Waals surface area contributed by atoms with Crippen molar-refractivity contribution in [2.75, 3.05) is 6.61 Å². The zero-order valence-electron chi connectivity index (χ0n) is 11.7. The number of pyridine rings is 1. The van der Waals surface area contributed by atoms with Crippen LogP contribution in [-0.4, -0.2) is 17.6 Å². The average Bonchev–Trinajstić information content (AvgIpc) is 2.50. The number of hydrogen-bond donors (Lipinski definition) is 0. The van der Waals surface area contributed by atoms with Crippen LogP contribution in [0.15, 0.2) is 54.9 Å². The van der Waals surface area contributed by atoms with Gasteiger partial charge in [-0.25, -0.2) is 0 Å². The molecule has 0 N–H and O–H groups in total. The second-order valence-electron chi connectivity index (χ2n) is 4.61. The highest BCUT2D eigenvalue weighted by Gasteiger charge is 2.21. The van der Waals surface area contributed by atoms with Gasteiger partial charge in [0.2, 0.25) is 0 Å². The Hall–Kier alpha value is -2.16. The van der Waals surface area contributed by atoms with Crippen molar-refractivity contribution >= 4 is 5.97 Å². The van der Waals surface area contributed by atoms with Crippen molar-refractivity contribution in [1.29, 1.82) is 0 Å². The zero-order chi connectivity index (χ0) is 14.2. The molecule has 0 aliphatic carbocycles. The normalized spacial score (nSPS) is 11.8. The summed E-state index contributed by atoms with van der Waals surface area (Å²) in [6.07, 6.45) is 5.13. The molecular formula is C17H19NO2. The average molecular weight is 269 g/mol. The van der Waals surface area contributed by atoms with E-state index in [1.54, 1.807) is 12.4 Å². The predicted octanol–water partition coefficient (Wildman–Crippen LogP) is 3.36. The van der Waals surface area contributed by atoms with Crippen LogP contribution in [0.5, 0.6) is 0 Å². The Morgan fingerprint density at radius 2 is 1.85 bits per heavy atom. The van der Waals surface area contributed by atoms with Crippen molar-refractivity contribution in [3.63, 3.8) is 0 Å².